The van der Waals surface area contributed by atoms with E-state index in [9.17, 15) is 9.59 Å². The Morgan fingerprint density at radius 2 is 1.89 bits per heavy atom. The van der Waals surface area contributed by atoms with E-state index in [2.05, 4.69) is 15.6 Å². The molecule has 0 saturated heterocycles. The highest BCUT2D eigenvalue weighted by Crippen LogP contribution is 2.19. The van der Waals surface area contributed by atoms with Gasteiger partial charge in [0.25, 0.3) is 5.91 Å². The van der Waals surface area contributed by atoms with Crippen LogP contribution >= 0.6 is 11.3 Å². The number of benzene rings is 1. The summed E-state index contributed by atoms with van der Waals surface area (Å²) in [5, 5.41) is 7.34. The molecule has 2 amide bonds. The molecule has 0 fully saturated rings. The van der Waals surface area contributed by atoms with Gasteiger partial charge in [0.15, 0.2) is 5.13 Å². The van der Waals surface area contributed by atoms with E-state index < -0.39 is 0 Å². The number of aromatic nitrogens is 1. The zero-order valence-electron chi connectivity index (χ0n) is 9.64. The largest absolute Gasteiger partial charge is 0.310 e. The Kier molecular flexibility index (Phi) is 3.69. The van der Waals surface area contributed by atoms with Crippen LogP contribution in [0.25, 0.3) is 0 Å². The summed E-state index contributed by atoms with van der Waals surface area (Å²) in [4.78, 5) is 26.7. The van der Waals surface area contributed by atoms with Gasteiger partial charge in [0.2, 0.25) is 5.91 Å². The topological polar surface area (TPSA) is 71.1 Å². The normalized spacial score (nSPS) is 9.83. The lowest BCUT2D eigenvalue weighted by Gasteiger charge is -2.00. The summed E-state index contributed by atoms with van der Waals surface area (Å²) in [6.07, 6.45) is 0. The molecule has 0 aliphatic carbocycles. The van der Waals surface area contributed by atoms with E-state index >= 15 is 0 Å². The lowest BCUT2D eigenvalue weighted by atomic mass is 10.2. The van der Waals surface area contributed by atoms with Crippen LogP contribution in [0.2, 0.25) is 0 Å². The van der Waals surface area contributed by atoms with Crippen LogP contribution < -0.4 is 10.6 Å². The van der Waals surface area contributed by atoms with E-state index in [1.165, 1.54) is 18.3 Å². The van der Waals surface area contributed by atoms with Crippen molar-refractivity contribution in [1.82, 2.24) is 4.98 Å². The molecule has 0 radical (unpaired) electrons. The van der Waals surface area contributed by atoms with Crippen LogP contribution in [-0.4, -0.2) is 16.8 Å². The lowest BCUT2D eigenvalue weighted by Crippen LogP contribution is -2.12. The maximum absolute atomic E-state index is 11.8. The van der Waals surface area contributed by atoms with Crippen molar-refractivity contribution in [2.24, 2.45) is 0 Å². The van der Waals surface area contributed by atoms with Crippen molar-refractivity contribution in [3.05, 3.63) is 41.3 Å². The Balaban J connectivity index is 2.04. The van der Waals surface area contributed by atoms with Crippen molar-refractivity contribution in [3.63, 3.8) is 0 Å². The molecule has 92 valence electrons. The number of nitrogens with one attached hydrogen (secondary N) is 2. The number of carbonyl (C=O) groups excluding carboxylic acids is 2. The van der Waals surface area contributed by atoms with Crippen molar-refractivity contribution < 1.29 is 9.59 Å². The number of amides is 2. The molecule has 0 aliphatic heterocycles. The van der Waals surface area contributed by atoms with Crippen LogP contribution in [-0.2, 0) is 4.79 Å². The van der Waals surface area contributed by atoms with E-state index in [1.807, 2.05) is 6.07 Å². The number of hydrogen-bond donors (Lipinski definition) is 2. The average molecular weight is 261 g/mol. The molecule has 5 nitrogen and oxygen atoms in total. The summed E-state index contributed by atoms with van der Waals surface area (Å²) in [6, 6.07) is 8.86. The number of hydrogen-bond acceptors (Lipinski definition) is 4. The van der Waals surface area contributed by atoms with Crippen molar-refractivity contribution in [3.8, 4) is 0 Å². The van der Waals surface area contributed by atoms with Gasteiger partial charge in [-0.05, 0) is 12.1 Å². The number of carbonyl (C=O) groups is 2. The fourth-order valence-corrected chi connectivity index (χ4v) is 1.97. The van der Waals surface area contributed by atoms with Gasteiger partial charge in [-0.25, -0.2) is 4.98 Å². The molecule has 0 atom stereocenters. The van der Waals surface area contributed by atoms with Crippen molar-refractivity contribution in [2.45, 2.75) is 6.92 Å². The second kappa shape index (κ2) is 5.42. The highest BCUT2D eigenvalue weighted by molar-refractivity contribution is 7.14. The molecule has 2 aromatic rings. The second-order valence-corrected chi connectivity index (χ2v) is 4.40. The molecule has 0 saturated carbocycles. The first-order valence-corrected chi connectivity index (χ1v) is 6.12. The number of thiazole rings is 1. The third-order valence-corrected chi connectivity index (χ3v) is 2.82. The Hall–Kier alpha value is -2.21. The molecule has 2 rings (SSSR count). The summed E-state index contributed by atoms with van der Waals surface area (Å²) in [6.45, 7) is 1.40. The predicted octanol–water partition coefficient (Wildman–Crippen LogP) is 2.35. The third kappa shape index (κ3) is 3.14. The highest BCUT2D eigenvalue weighted by atomic mass is 32.1. The molecule has 1 heterocycles. The molecule has 0 unspecified atom stereocenters. The summed E-state index contributed by atoms with van der Waals surface area (Å²) >= 11 is 1.26. The first-order chi connectivity index (χ1) is 8.65. The number of rotatable bonds is 3. The zero-order chi connectivity index (χ0) is 13.0. The Morgan fingerprint density at radius 1 is 1.17 bits per heavy atom. The van der Waals surface area contributed by atoms with Crippen LogP contribution in [0.4, 0.5) is 10.9 Å². The summed E-state index contributed by atoms with van der Waals surface area (Å²) in [7, 11) is 0. The van der Waals surface area contributed by atoms with Crippen LogP contribution in [0.3, 0.4) is 0 Å². The smallest absolute Gasteiger partial charge is 0.257 e. The highest BCUT2D eigenvalue weighted by Gasteiger charge is 2.08. The minimum absolute atomic E-state index is 0.193. The fraction of sp³-hybridized carbons (Fsp3) is 0.0833. The van der Waals surface area contributed by atoms with Crippen molar-refractivity contribution in [2.75, 3.05) is 10.6 Å². The van der Waals surface area contributed by atoms with Gasteiger partial charge in [0, 0.05) is 17.9 Å². The van der Waals surface area contributed by atoms with Crippen LogP contribution in [0.5, 0.6) is 0 Å². The van der Waals surface area contributed by atoms with Gasteiger partial charge in [0.05, 0.1) is 0 Å². The van der Waals surface area contributed by atoms with Gasteiger partial charge < -0.3 is 5.32 Å². The number of nitrogens with zero attached hydrogens (tertiary/aromatic N) is 1. The van der Waals surface area contributed by atoms with Gasteiger partial charge >= 0.3 is 0 Å². The summed E-state index contributed by atoms with van der Waals surface area (Å²) < 4.78 is 0. The van der Waals surface area contributed by atoms with Gasteiger partial charge in [-0.1, -0.05) is 18.2 Å². The first kappa shape index (κ1) is 12.3. The number of anilines is 2. The Morgan fingerprint density at radius 3 is 2.56 bits per heavy atom. The molecule has 1 aromatic heterocycles. The Labute approximate surface area is 108 Å². The SMILES string of the molecule is CC(=O)Nc1csc(NC(=O)c2ccccc2)n1. The second-order valence-electron chi connectivity index (χ2n) is 3.54. The van der Waals surface area contributed by atoms with Crippen LogP contribution in [0.1, 0.15) is 17.3 Å². The molecule has 0 spiro atoms. The molecular formula is C12H11N3O2S. The first-order valence-electron chi connectivity index (χ1n) is 5.24. The minimum Gasteiger partial charge on any atom is -0.310 e. The molecule has 0 aliphatic rings. The van der Waals surface area contributed by atoms with Crippen molar-refractivity contribution in [1.29, 1.82) is 0 Å². The zero-order valence-corrected chi connectivity index (χ0v) is 10.5. The summed E-state index contributed by atoms with van der Waals surface area (Å²) in [5.74, 6) is 0.0245. The van der Waals surface area contributed by atoms with Crippen molar-refractivity contribution >= 4 is 34.1 Å². The molecule has 1 aromatic carbocycles. The van der Waals surface area contributed by atoms with E-state index in [1.54, 1.807) is 29.6 Å². The average Bonchev–Trinajstić information content (AvgIpc) is 2.76. The van der Waals surface area contributed by atoms with Gasteiger partial charge in [0.1, 0.15) is 5.82 Å². The molecule has 2 N–H and O–H groups in total. The predicted molar refractivity (Wildman–Crippen MR) is 70.8 cm³/mol. The van der Waals surface area contributed by atoms with E-state index in [-0.39, 0.29) is 11.8 Å². The van der Waals surface area contributed by atoms with Crippen LogP contribution in [0, 0.1) is 0 Å². The fourth-order valence-electron chi connectivity index (χ4n) is 1.33. The molecular weight excluding hydrogens is 250 g/mol. The lowest BCUT2D eigenvalue weighted by molar-refractivity contribution is -0.114. The molecule has 18 heavy (non-hydrogen) atoms. The minimum atomic E-state index is -0.223. The molecule has 6 heteroatoms. The van der Waals surface area contributed by atoms with E-state index in [4.69, 9.17) is 0 Å². The third-order valence-electron chi connectivity index (χ3n) is 2.06. The monoisotopic (exact) mass is 261 g/mol. The van der Waals surface area contributed by atoms with Crippen LogP contribution in [0.15, 0.2) is 35.7 Å². The van der Waals surface area contributed by atoms with Gasteiger partial charge in [-0.15, -0.1) is 11.3 Å². The maximum atomic E-state index is 11.8. The maximum Gasteiger partial charge on any atom is 0.257 e. The standard InChI is InChI=1S/C12H11N3O2S/c1-8(16)13-10-7-18-12(14-10)15-11(17)9-5-3-2-4-6-9/h2-7H,1H3,(H,13,16)(H,14,15,17). The molecule has 0 bridgehead atoms. The van der Waals surface area contributed by atoms with E-state index in [0.717, 1.165) is 0 Å². The Bertz CT molecular complexity index is 566. The van der Waals surface area contributed by atoms with Gasteiger partial charge in [-0.2, -0.15) is 0 Å². The quantitative estimate of drug-likeness (QED) is 0.891. The summed E-state index contributed by atoms with van der Waals surface area (Å²) in [5.41, 5.74) is 0.564. The van der Waals surface area contributed by atoms with E-state index in [0.29, 0.717) is 16.5 Å². The van der Waals surface area contributed by atoms with Gasteiger partial charge in [-0.3, -0.25) is 14.9 Å².